The van der Waals surface area contributed by atoms with E-state index in [9.17, 15) is 19.2 Å². The fourth-order valence-electron chi connectivity index (χ4n) is 3.65. The molecule has 0 fully saturated rings. The lowest BCUT2D eigenvalue weighted by molar-refractivity contribution is -0.132. The SMILES string of the molecule is CCCNc1nc(NC(=O)Nc2ccncc2)ncc1C(=O)Nc1cccc(NC(=O)[C@H](C)N(C)C(=O)C=CCN(C)C)c1. The fraction of sp³-hybridized carbons (Fsp3) is 0.300. The number of carbonyl (C=O) groups is 4. The summed E-state index contributed by atoms with van der Waals surface area (Å²) in [5.41, 5.74) is 1.55. The first-order valence-electron chi connectivity index (χ1n) is 14.0. The van der Waals surface area contributed by atoms with Crippen molar-refractivity contribution in [3.63, 3.8) is 0 Å². The van der Waals surface area contributed by atoms with Gasteiger partial charge in [0, 0.05) is 61.9 Å². The van der Waals surface area contributed by atoms with Crippen molar-refractivity contribution in [3.8, 4) is 0 Å². The maximum absolute atomic E-state index is 13.2. The molecule has 0 saturated heterocycles. The average Bonchev–Trinajstić information content (AvgIpc) is 2.99. The Bertz CT molecular complexity index is 1480. The number of hydrogen-bond acceptors (Lipinski definition) is 9. The third-order valence-electron chi connectivity index (χ3n) is 6.17. The molecule has 2 aromatic heterocycles. The molecule has 0 aliphatic carbocycles. The molecule has 2 heterocycles. The average molecular weight is 603 g/mol. The van der Waals surface area contributed by atoms with Gasteiger partial charge in [0.15, 0.2) is 0 Å². The van der Waals surface area contributed by atoms with E-state index in [0.29, 0.717) is 30.2 Å². The van der Waals surface area contributed by atoms with Gasteiger partial charge in [-0.05, 0) is 57.8 Å². The van der Waals surface area contributed by atoms with Crippen LogP contribution < -0.4 is 26.6 Å². The number of hydrogen-bond donors (Lipinski definition) is 5. The Balaban J connectivity index is 1.66. The number of likely N-dealkylation sites (N-methyl/N-ethyl adjacent to an activating group) is 2. The van der Waals surface area contributed by atoms with Gasteiger partial charge in [-0.1, -0.05) is 19.1 Å². The molecule has 0 aliphatic heterocycles. The van der Waals surface area contributed by atoms with Crippen LogP contribution in [0.25, 0.3) is 0 Å². The first-order valence-corrected chi connectivity index (χ1v) is 14.0. The Morgan fingerprint density at radius 2 is 1.64 bits per heavy atom. The molecular formula is C30H38N10O4. The number of nitrogens with one attached hydrogen (secondary N) is 5. The Morgan fingerprint density at radius 1 is 0.932 bits per heavy atom. The molecule has 1 atom stereocenters. The lowest BCUT2D eigenvalue weighted by atomic mass is 10.2. The summed E-state index contributed by atoms with van der Waals surface area (Å²) in [6, 6.07) is 8.59. The van der Waals surface area contributed by atoms with Crippen LogP contribution in [-0.2, 0) is 9.59 Å². The highest BCUT2D eigenvalue weighted by Gasteiger charge is 2.21. The second kappa shape index (κ2) is 16.3. The molecule has 14 heteroatoms. The number of amides is 5. The molecule has 0 unspecified atom stereocenters. The first-order chi connectivity index (χ1) is 21.1. The quantitative estimate of drug-likeness (QED) is 0.184. The fourth-order valence-corrected chi connectivity index (χ4v) is 3.65. The molecule has 3 aromatic rings. The minimum absolute atomic E-state index is 0.00202. The first kappa shape index (κ1) is 33.1. The van der Waals surface area contributed by atoms with Crippen molar-refractivity contribution in [2.24, 2.45) is 0 Å². The molecule has 5 amide bonds. The molecule has 0 bridgehead atoms. The maximum atomic E-state index is 13.2. The van der Waals surface area contributed by atoms with Crippen LogP contribution in [0.15, 0.2) is 67.1 Å². The van der Waals surface area contributed by atoms with E-state index in [-0.39, 0.29) is 29.1 Å². The third kappa shape index (κ3) is 10.2. The summed E-state index contributed by atoms with van der Waals surface area (Å²) in [6.07, 6.45) is 8.34. The molecule has 1 aromatic carbocycles. The number of rotatable bonds is 13. The summed E-state index contributed by atoms with van der Waals surface area (Å²) >= 11 is 0. The van der Waals surface area contributed by atoms with E-state index >= 15 is 0 Å². The highest BCUT2D eigenvalue weighted by atomic mass is 16.2. The Morgan fingerprint density at radius 3 is 2.32 bits per heavy atom. The zero-order chi connectivity index (χ0) is 32.1. The van der Waals surface area contributed by atoms with Crippen molar-refractivity contribution in [1.82, 2.24) is 24.8 Å². The van der Waals surface area contributed by atoms with Crippen LogP contribution in [0.1, 0.15) is 30.6 Å². The van der Waals surface area contributed by atoms with Gasteiger partial charge in [-0.3, -0.25) is 24.7 Å². The van der Waals surface area contributed by atoms with Crippen molar-refractivity contribution in [2.45, 2.75) is 26.3 Å². The molecular weight excluding hydrogens is 564 g/mol. The van der Waals surface area contributed by atoms with Crippen LogP contribution >= 0.6 is 0 Å². The van der Waals surface area contributed by atoms with Gasteiger partial charge in [0.05, 0.1) is 0 Å². The van der Waals surface area contributed by atoms with Gasteiger partial charge in [-0.2, -0.15) is 4.98 Å². The summed E-state index contributed by atoms with van der Waals surface area (Å²) in [6.45, 7) is 4.73. The summed E-state index contributed by atoms with van der Waals surface area (Å²) in [5.74, 6) is -0.934. The van der Waals surface area contributed by atoms with E-state index in [1.165, 1.54) is 17.2 Å². The van der Waals surface area contributed by atoms with Crippen molar-refractivity contribution < 1.29 is 19.2 Å². The topological polar surface area (TPSA) is 174 Å². The van der Waals surface area contributed by atoms with Gasteiger partial charge in [-0.15, -0.1) is 0 Å². The minimum Gasteiger partial charge on any atom is -0.369 e. The van der Waals surface area contributed by atoms with Gasteiger partial charge in [-0.25, -0.2) is 9.78 Å². The second-order valence-electron chi connectivity index (χ2n) is 10.0. The zero-order valence-corrected chi connectivity index (χ0v) is 25.4. The molecule has 44 heavy (non-hydrogen) atoms. The number of benzene rings is 1. The number of urea groups is 1. The molecule has 0 spiro atoms. The van der Waals surface area contributed by atoms with Crippen LogP contribution in [-0.4, -0.2) is 88.8 Å². The summed E-state index contributed by atoms with van der Waals surface area (Å²) in [5, 5.41) is 13.9. The summed E-state index contributed by atoms with van der Waals surface area (Å²) in [4.78, 5) is 66.5. The Labute approximate surface area is 256 Å². The molecule has 0 aliphatic rings. The zero-order valence-electron chi connectivity index (χ0n) is 25.4. The third-order valence-corrected chi connectivity index (χ3v) is 6.17. The second-order valence-corrected chi connectivity index (χ2v) is 10.0. The van der Waals surface area contributed by atoms with Gasteiger partial charge in [0.25, 0.3) is 5.91 Å². The van der Waals surface area contributed by atoms with Crippen LogP contribution in [0.4, 0.5) is 33.6 Å². The van der Waals surface area contributed by atoms with E-state index in [2.05, 4.69) is 41.5 Å². The number of aromatic nitrogens is 3. The van der Waals surface area contributed by atoms with E-state index in [1.807, 2.05) is 25.9 Å². The number of nitrogens with zero attached hydrogens (tertiary/aromatic N) is 5. The van der Waals surface area contributed by atoms with Crippen LogP contribution in [0.3, 0.4) is 0 Å². The predicted molar refractivity (Wildman–Crippen MR) is 171 cm³/mol. The predicted octanol–water partition coefficient (Wildman–Crippen LogP) is 3.49. The highest BCUT2D eigenvalue weighted by Crippen LogP contribution is 2.20. The molecule has 232 valence electrons. The Hall–Kier alpha value is -5.37. The number of carbonyl (C=O) groups excluding carboxylic acids is 4. The lowest BCUT2D eigenvalue weighted by Crippen LogP contribution is -2.42. The van der Waals surface area contributed by atoms with Crippen molar-refractivity contribution in [1.29, 1.82) is 0 Å². The van der Waals surface area contributed by atoms with Crippen molar-refractivity contribution >= 4 is 52.6 Å². The van der Waals surface area contributed by atoms with Gasteiger partial charge in [0.2, 0.25) is 17.8 Å². The van der Waals surface area contributed by atoms with Gasteiger partial charge < -0.3 is 31.1 Å². The monoisotopic (exact) mass is 602 g/mol. The standard InChI is InChI=1S/C30H38N10O4/c1-6-14-32-26-24(19-33-29(37-26)38-30(44)36-21-12-15-31-16-13-21)28(43)35-23-10-7-9-22(18-23)34-27(42)20(2)40(5)25(41)11-8-17-39(3)4/h7-13,15-16,18-20H,6,14,17H2,1-5H3,(H,34,42)(H,35,43)(H3,31,32,33,36,37,38,44)/t20-/m0/s1. The molecule has 0 radical (unpaired) electrons. The molecule has 0 saturated carbocycles. The largest absolute Gasteiger partial charge is 0.369 e. The van der Waals surface area contributed by atoms with Gasteiger partial charge >= 0.3 is 6.03 Å². The molecule has 3 rings (SSSR count). The minimum atomic E-state index is -0.743. The van der Waals surface area contributed by atoms with Gasteiger partial charge in [0.1, 0.15) is 17.4 Å². The number of pyridine rings is 1. The van der Waals surface area contributed by atoms with Crippen LogP contribution in [0.2, 0.25) is 0 Å². The van der Waals surface area contributed by atoms with E-state index in [0.717, 1.165) is 6.42 Å². The lowest BCUT2D eigenvalue weighted by Gasteiger charge is -2.23. The van der Waals surface area contributed by atoms with E-state index < -0.39 is 18.0 Å². The smallest absolute Gasteiger partial charge is 0.326 e. The van der Waals surface area contributed by atoms with E-state index in [4.69, 9.17) is 0 Å². The van der Waals surface area contributed by atoms with Crippen molar-refractivity contribution in [2.75, 3.05) is 60.8 Å². The number of anilines is 5. The highest BCUT2D eigenvalue weighted by molar-refractivity contribution is 6.08. The summed E-state index contributed by atoms with van der Waals surface area (Å²) < 4.78 is 0. The summed E-state index contributed by atoms with van der Waals surface area (Å²) in [7, 11) is 5.34. The molecule has 14 nitrogen and oxygen atoms in total. The van der Waals surface area contributed by atoms with E-state index in [1.54, 1.807) is 68.8 Å². The normalized spacial score (nSPS) is 11.5. The Kier molecular flexibility index (Phi) is 12.3. The maximum Gasteiger partial charge on any atom is 0.326 e. The van der Waals surface area contributed by atoms with Crippen molar-refractivity contribution in [3.05, 3.63) is 72.7 Å². The molecule has 5 N–H and O–H groups in total. The van der Waals surface area contributed by atoms with Crippen LogP contribution in [0.5, 0.6) is 0 Å². The van der Waals surface area contributed by atoms with Crippen LogP contribution in [0, 0.1) is 0 Å².